The van der Waals surface area contributed by atoms with Crippen molar-refractivity contribution in [2.45, 2.75) is 13.8 Å². The molecule has 0 fully saturated rings. The molecule has 0 saturated heterocycles. The third-order valence-corrected chi connectivity index (χ3v) is 2.46. The van der Waals surface area contributed by atoms with Crippen molar-refractivity contribution in [2.24, 2.45) is 0 Å². The molecular weight excluding hydrogens is 209 g/mol. The van der Waals surface area contributed by atoms with Crippen molar-refractivity contribution in [3.63, 3.8) is 0 Å². The van der Waals surface area contributed by atoms with Crippen LogP contribution in [0.2, 0.25) is 0 Å². The van der Waals surface area contributed by atoms with Gasteiger partial charge in [-0.15, -0.1) is 0 Å². The molecule has 1 N–H and O–H groups in total. The van der Waals surface area contributed by atoms with E-state index in [9.17, 15) is 0 Å². The maximum Gasteiger partial charge on any atom is 0.118 e. The molecule has 0 aliphatic rings. The highest BCUT2D eigenvalue weighted by Crippen LogP contribution is 2.15. The van der Waals surface area contributed by atoms with E-state index in [1.165, 1.54) is 12.6 Å². The van der Waals surface area contributed by atoms with E-state index in [2.05, 4.69) is 0 Å². The van der Waals surface area contributed by atoms with Crippen molar-refractivity contribution >= 4 is 64.9 Å². The Hall–Kier alpha value is -0.396. The summed E-state index contributed by atoms with van der Waals surface area (Å²) in [6, 6.07) is 5.56. The maximum absolute atomic E-state index is 9.04. The van der Waals surface area contributed by atoms with Gasteiger partial charge in [0.25, 0.3) is 0 Å². The number of phenolic OH excluding ortho intramolecular Hbond substituents is 1. The molecule has 0 saturated carbocycles. The number of hydrogen-bond acceptors (Lipinski definition) is 1. The van der Waals surface area contributed by atoms with Crippen molar-refractivity contribution in [3.8, 4) is 5.75 Å². The summed E-state index contributed by atoms with van der Waals surface area (Å²) in [5, 5.41) is 9.04. The molecule has 0 aromatic heterocycles. The van der Waals surface area contributed by atoms with Crippen LogP contribution in [0.3, 0.4) is 0 Å². The second-order valence-corrected chi connectivity index (χ2v) is 4.21. The summed E-state index contributed by atoms with van der Waals surface area (Å²) in [6.07, 6.45) is -1.46. The summed E-state index contributed by atoms with van der Waals surface area (Å²) in [7, 11) is 27.5. The van der Waals surface area contributed by atoms with Crippen LogP contribution in [0.25, 0.3) is 0 Å². The molecule has 0 aliphatic heterocycles. The molecule has 0 heterocycles. The van der Waals surface area contributed by atoms with Gasteiger partial charge in [0.05, 0.1) is 0 Å². The molecule has 1 aromatic carbocycles. The van der Waals surface area contributed by atoms with Crippen LogP contribution < -0.4 is 0 Å². The zero-order valence-corrected chi connectivity index (χ0v) is 10.9. The van der Waals surface area contributed by atoms with Gasteiger partial charge in [0.15, 0.2) is 0 Å². The highest BCUT2D eigenvalue weighted by molar-refractivity contribution is 7.93. The molecule has 0 bridgehead atoms. The second kappa shape index (κ2) is 8.66. The Bertz CT molecular complexity index is 348. The Morgan fingerprint density at radius 3 is 1.78 bits per heavy atom. The van der Waals surface area contributed by atoms with Crippen molar-refractivity contribution < 1.29 is 5.11 Å². The van der Waals surface area contributed by atoms with Gasteiger partial charge < -0.3 is 5.11 Å². The Balaban J connectivity index is 0.000000321. The van der Waals surface area contributed by atoms with Crippen LogP contribution in [0.5, 0.6) is 5.75 Å². The highest BCUT2D eigenvalue weighted by atomic mass is 16.3. The van der Waals surface area contributed by atoms with Crippen LogP contribution in [0, 0.1) is 13.8 Å². The van der Waals surface area contributed by atoms with Crippen LogP contribution in [-0.4, -0.2) is 70.0 Å². The molecular formula is C8H10B9O. The summed E-state index contributed by atoms with van der Waals surface area (Å²) in [5.74, 6) is 0.376. The SMILES string of the molecule is Cc1ccc(O)c(C)c1.[B][B]B(B([B])[B])B([B])[B]. The minimum Gasteiger partial charge on any atom is -0.508 e. The van der Waals surface area contributed by atoms with Gasteiger partial charge >= 0.3 is 0 Å². The Morgan fingerprint density at radius 2 is 1.56 bits per heavy atom. The lowest BCUT2D eigenvalue weighted by Crippen LogP contribution is -2.55. The summed E-state index contributed by atoms with van der Waals surface area (Å²) >= 11 is 0. The first-order valence-corrected chi connectivity index (χ1v) is 5.63. The van der Waals surface area contributed by atoms with Crippen LogP contribution in [0.1, 0.15) is 11.1 Å². The smallest absolute Gasteiger partial charge is 0.118 e. The lowest BCUT2D eigenvalue weighted by atomic mass is 8.64. The Morgan fingerprint density at radius 1 is 1.06 bits per heavy atom. The Labute approximate surface area is 119 Å². The van der Waals surface area contributed by atoms with Gasteiger partial charge in [-0.25, -0.2) is 0 Å². The highest BCUT2D eigenvalue weighted by Gasteiger charge is 2.18. The fourth-order valence-corrected chi connectivity index (χ4v) is 1.32. The fourth-order valence-electron chi connectivity index (χ4n) is 1.32. The molecule has 1 aromatic rings. The average Bonchev–Trinajstić information content (AvgIpc) is 2.24. The number of aromatic hydroxyl groups is 1. The van der Waals surface area contributed by atoms with E-state index in [1.807, 2.05) is 26.0 Å². The number of phenols is 1. The van der Waals surface area contributed by atoms with Crippen LogP contribution in [0.4, 0.5) is 0 Å². The monoisotopic (exact) mass is 221 g/mol. The molecule has 1 nitrogen and oxygen atoms in total. The van der Waals surface area contributed by atoms with E-state index in [0.29, 0.717) is 5.75 Å². The molecule has 0 aliphatic carbocycles. The number of benzene rings is 1. The van der Waals surface area contributed by atoms with Gasteiger partial charge in [-0.2, -0.15) is 0 Å². The third kappa shape index (κ3) is 6.51. The molecule has 10 heteroatoms. The number of hydrogen-bond donors (Lipinski definition) is 1. The molecule has 18 heavy (non-hydrogen) atoms. The van der Waals surface area contributed by atoms with Gasteiger partial charge in [-0.3, -0.25) is 0 Å². The summed E-state index contributed by atoms with van der Waals surface area (Å²) in [5.41, 5.74) is 2.13. The summed E-state index contributed by atoms with van der Waals surface area (Å²) in [4.78, 5) is 0. The first kappa shape index (κ1) is 17.6. The molecule has 1 rings (SSSR count). The lowest BCUT2D eigenvalue weighted by molar-refractivity contribution is 0.471. The first-order valence-electron chi connectivity index (χ1n) is 5.63. The van der Waals surface area contributed by atoms with Crippen molar-refractivity contribution in [1.29, 1.82) is 0 Å². The summed E-state index contributed by atoms with van der Waals surface area (Å²) in [6.45, 7) is 3.90. The zero-order valence-electron chi connectivity index (χ0n) is 10.9. The van der Waals surface area contributed by atoms with E-state index in [4.69, 9.17) is 43.8 Å². The molecule has 11 radical (unpaired) electrons. The molecule has 0 amide bonds. The van der Waals surface area contributed by atoms with Crippen molar-refractivity contribution in [1.82, 2.24) is 0 Å². The van der Waals surface area contributed by atoms with Crippen molar-refractivity contribution in [2.75, 3.05) is 0 Å². The zero-order chi connectivity index (χ0) is 14.3. The van der Waals surface area contributed by atoms with E-state index in [-0.39, 0.29) is 6.39 Å². The van der Waals surface area contributed by atoms with Gasteiger partial charge in [-0.1, -0.05) is 17.7 Å². The van der Waals surface area contributed by atoms with Crippen LogP contribution in [-0.2, 0) is 0 Å². The van der Waals surface area contributed by atoms with Crippen LogP contribution >= 0.6 is 0 Å². The standard InChI is InChI=1S/C8H10O.B9/c1-6-3-4-8(9)7(2)5-6;1-6-9(7(2)3)8(4)5/h3-5,9H,1-2H3;. The number of rotatable bonds is 3. The predicted molar refractivity (Wildman–Crippen MR) is 89.4 cm³/mol. The first-order chi connectivity index (χ1) is 8.29. The van der Waals surface area contributed by atoms with Gasteiger partial charge in [0, 0.05) is 64.9 Å². The van der Waals surface area contributed by atoms with Gasteiger partial charge in [0.2, 0.25) is 0 Å². The average molecular weight is 219 g/mol. The van der Waals surface area contributed by atoms with Gasteiger partial charge in [-0.05, 0) is 25.5 Å². The number of aryl methyl sites for hydroxylation is 2. The second-order valence-electron chi connectivity index (χ2n) is 4.21. The quantitative estimate of drug-likeness (QED) is 0.619. The molecule has 0 atom stereocenters. The minimum atomic E-state index is -0.574. The maximum atomic E-state index is 9.04. The lowest BCUT2D eigenvalue weighted by Gasteiger charge is -2.17. The fraction of sp³-hybridized carbons (Fsp3) is 0.250. The van der Waals surface area contributed by atoms with Crippen LogP contribution in [0.15, 0.2) is 18.2 Å². The van der Waals surface area contributed by atoms with Crippen molar-refractivity contribution in [3.05, 3.63) is 29.3 Å². The third-order valence-electron chi connectivity index (χ3n) is 2.46. The summed E-state index contributed by atoms with van der Waals surface area (Å²) < 4.78 is 0. The largest absolute Gasteiger partial charge is 0.508 e. The molecule has 0 unspecified atom stereocenters. The molecule has 0 spiro atoms. The van der Waals surface area contributed by atoms with E-state index in [0.717, 1.165) is 5.56 Å². The van der Waals surface area contributed by atoms with E-state index in [1.54, 1.807) is 6.07 Å². The molecule has 75 valence electrons. The van der Waals surface area contributed by atoms with E-state index >= 15 is 0 Å². The normalized spacial score (nSPS) is 8.78. The Kier molecular flexibility index (Phi) is 8.47. The van der Waals surface area contributed by atoms with Gasteiger partial charge in [0.1, 0.15) is 5.75 Å². The van der Waals surface area contributed by atoms with E-state index < -0.39 is 12.8 Å². The minimum absolute atomic E-state index is 0.315. The predicted octanol–water partition coefficient (Wildman–Crippen LogP) is -1.42. The topological polar surface area (TPSA) is 20.2 Å².